The number of rotatable bonds is 2. The minimum absolute atomic E-state index is 0.0881. The number of hydrogen-bond acceptors (Lipinski definition) is 3. The van der Waals surface area contributed by atoms with Gasteiger partial charge in [-0.3, -0.25) is 14.9 Å². The average molecular weight is 185 g/mol. The second-order valence-electron chi connectivity index (χ2n) is 2.19. The van der Waals surface area contributed by atoms with E-state index in [0.717, 1.165) is 0 Å². The standard InChI is InChI=1S/C7H7NO3S/c1-6(9)5-12-4-2-3-7(12)8(10)11/h2-5H,1H3. The quantitative estimate of drug-likeness (QED) is 0.370. The van der Waals surface area contributed by atoms with E-state index in [2.05, 4.69) is 0 Å². The van der Waals surface area contributed by atoms with Gasteiger partial charge in [0, 0.05) is 11.4 Å². The smallest absolute Gasteiger partial charge is 0.295 e. The van der Waals surface area contributed by atoms with Crippen molar-refractivity contribution >= 4 is 21.6 Å². The Bertz CT molecular complexity index is 328. The first kappa shape index (κ1) is 8.86. The molecule has 0 amide bonds. The first-order chi connectivity index (χ1) is 5.61. The van der Waals surface area contributed by atoms with Gasteiger partial charge in [-0.2, -0.15) is 0 Å². The van der Waals surface area contributed by atoms with Gasteiger partial charge in [-0.15, -0.1) is 0 Å². The van der Waals surface area contributed by atoms with Gasteiger partial charge in [0.2, 0.25) is 0 Å². The normalized spacial score (nSPS) is 21.1. The molecule has 0 aromatic rings. The largest absolute Gasteiger partial charge is 0.301 e. The van der Waals surface area contributed by atoms with Crippen LogP contribution in [0, 0.1) is 10.1 Å². The summed E-state index contributed by atoms with van der Waals surface area (Å²) in [4.78, 5) is 20.5. The van der Waals surface area contributed by atoms with Crippen molar-refractivity contribution in [2.24, 2.45) is 0 Å². The fourth-order valence-electron chi connectivity index (χ4n) is 0.780. The van der Waals surface area contributed by atoms with Gasteiger partial charge in [0.25, 0.3) is 0 Å². The Morgan fingerprint density at radius 2 is 2.42 bits per heavy atom. The Morgan fingerprint density at radius 1 is 1.75 bits per heavy atom. The van der Waals surface area contributed by atoms with Gasteiger partial charge in [-0.1, -0.05) is 10.5 Å². The summed E-state index contributed by atoms with van der Waals surface area (Å²) in [6.07, 6.45) is 3.02. The third kappa shape index (κ3) is 1.88. The van der Waals surface area contributed by atoms with Crippen LogP contribution in [0.1, 0.15) is 6.92 Å². The van der Waals surface area contributed by atoms with Gasteiger partial charge in [-0.05, 0) is 18.4 Å². The van der Waals surface area contributed by atoms with Crippen molar-refractivity contribution in [1.82, 2.24) is 0 Å². The van der Waals surface area contributed by atoms with E-state index in [4.69, 9.17) is 0 Å². The van der Waals surface area contributed by atoms with E-state index in [1.165, 1.54) is 18.4 Å². The summed E-state index contributed by atoms with van der Waals surface area (Å²) in [5, 5.41) is 13.5. The van der Waals surface area contributed by atoms with Gasteiger partial charge < -0.3 is 0 Å². The Kier molecular flexibility index (Phi) is 2.54. The molecule has 0 aromatic carbocycles. The molecular weight excluding hydrogens is 178 g/mol. The van der Waals surface area contributed by atoms with Gasteiger partial charge in [-0.25, -0.2) is 0 Å². The summed E-state index contributed by atoms with van der Waals surface area (Å²) in [6, 6.07) is 0. The zero-order chi connectivity index (χ0) is 9.14. The highest BCUT2D eigenvalue weighted by Gasteiger charge is 2.16. The molecule has 0 bridgehead atoms. The molecule has 0 fully saturated rings. The van der Waals surface area contributed by atoms with Crippen LogP contribution in [-0.2, 0) is 4.79 Å². The summed E-state index contributed by atoms with van der Waals surface area (Å²) in [7, 11) is -0.718. The predicted molar refractivity (Wildman–Crippen MR) is 48.6 cm³/mol. The number of ketones is 1. The lowest BCUT2D eigenvalue weighted by Crippen LogP contribution is -1.97. The molecule has 1 atom stereocenters. The van der Waals surface area contributed by atoms with Crippen LogP contribution in [0.3, 0.4) is 0 Å². The zero-order valence-corrected chi connectivity index (χ0v) is 7.21. The molecule has 0 aromatic heterocycles. The Labute approximate surface area is 71.7 Å². The van der Waals surface area contributed by atoms with Gasteiger partial charge >= 0.3 is 5.03 Å². The lowest BCUT2D eigenvalue weighted by molar-refractivity contribution is -0.410. The van der Waals surface area contributed by atoms with Crippen LogP contribution in [-0.4, -0.2) is 16.1 Å². The van der Waals surface area contributed by atoms with E-state index < -0.39 is 15.4 Å². The van der Waals surface area contributed by atoms with Crippen LogP contribution in [0.25, 0.3) is 0 Å². The predicted octanol–water partition coefficient (Wildman–Crippen LogP) is 1.29. The molecule has 1 unspecified atom stereocenters. The third-order valence-electron chi connectivity index (χ3n) is 1.18. The van der Waals surface area contributed by atoms with Gasteiger partial charge in [0.05, 0.1) is 4.92 Å². The fourth-order valence-corrected chi connectivity index (χ4v) is 2.13. The minimum Gasteiger partial charge on any atom is -0.295 e. The van der Waals surface area contributed by atoms with E-state index in [1.807, 2.05) is 0 Å². The minimum atomic E-state index is -0.718. The molecule has 5 heteroatoms. The monoisotopic (exact) mass is 185 g/mol. The van der Waals surface area contributed by atoms with Crippen LogP contribution < -0.4 is 0 Å². The molecule has 1 heterocycles. The van der Waals surface area contributed by atoms with Crippen LogP contribution in [0.5, 0.6) is 0 Å². The van der Waals surface area contributed by atoms with Crippen molar-refractivity contribution in [3.05, 3.63) is 32.7 Å². The van der Waals surface area contributed by atoms with Crippen molar-refractivity contribution < 1.29 is 9.72 Å². The van der Waals surface area contributed by atoms with Gasteiger partial charge in [0.1, 0.15) is 0 Å². The third-order valence-corrected chi connectivity index (χ3v) is 2.98. The highest BCUT2D eigenvalue weighted by Crippen LogP contribution is 2.31. The topological polar surface area (TPSA) is 60.2 Å². The Balaban J connectivity index is 2.95. The summed E-state index contributed by atoms with van der Waals surface area (Å²) >= 11 is 0. The first-order valence-corrected chi connectivity index (χ1v) is 4.56. The number of allylic oxidation sites excluding steroid dienone is 2. The van der Waals surface area contributed by atoms with E-state index in [9.17, 15) is 14.9 Å². The lowest BCUT2D eigenvalue weighted by Gasteiger charge is -1.93. The maximum atomic E-state index is 10.6. The average Bonchev–Trinajstić information content (AvgIpc) is 2.33. The molecule has 0 aliphatic carbocycles. The Morgan fingerprint density at radius 3 is 2.92 bits per heavy atom. The van der Waals surface area contributed by atoms with Crippen molar-refractivity contribution in [3.63, 3.8) is 0 Å². The van der Waals surface area contributed by atoms with E-state index in [-0.39, 0.29) is 10.8 Å². The molecule has 12 heavy (non-hydrogen) atoms. The molecule has 64 valence electrons. The van der Waals surface area contributed by atoms with Crippen molar-refractivity contribution in [2.75, 3.05) is 0 Å². The zero-order valence-electron chi connectivity index (χ0n) is 6.39. The SMILES string of the molecule is CC(=O)C=S1C=CC=C1[N+](=O)[O-]. The first-order valence-electron chi connectivity index (χ1n) is 3.21. The van der Waals surface area contributed by atoms with Crippen LogP contribution >= 0.6 is 10.5 Å². The second kappa shape index (κ2) is 3.44. The highest BCUT2D eigenvalue weighted by atomic mass is 32.2. The van der Waals surface area contributed by atoms with Crippen LogP contribution in [0.4, 0.5) is 0 Å². The van der Waals surface area contributed by atoms with E-state index >= 15 is 0 Å². The number of nitrogens with zero attached hydrogens (tertiary/aromatic N) is 1. The fraction of sp³-hybridized carbons (Fsp3) is 0.143. The van der Waals surface area contributed by atoms with Crippen molar-refractivity contribution in [3.8, 4) is 0 Å². The Hall–Kier alpha value is -1.23. The summed E-state index contributed by atoms with van der Waals surface area (Å²) in [5.74, 6) is -0.141. The number of Topliss-reactive ketones (excluding diaryl/α,β-unsaturated/α-hetero) is 1. The molecule has 0 N–H and O–H groups in total. The number of carbonyl (C=O) groups excluding carboxylic acids is 1. The molecule has 0 saturated heterocycles. The summed E-state index contributed by atoms with van der Waals surface area (Å²) in [5.41, 5.74) is 0. The van der Waals surface area contributed by atoms with Crippen LogP contribution in [0.15, 0.2) is 22.6 Å². The molecule has 1 rings (SSSR count). The number of hydrogen-bond donors (Lipinski definition) is 0. The molecule has 1 aliphatic heterocycles. The van der Waals surface area contributed by atoms with Crippen LogP contribution in [0.2, 0.25) is 0 Å². The highest BCUT2D eigenvalue weighted by molar-refractivity contribution is 8.21. The molecule has 0 radical (unpaired) electrons. The van der Waals surface area contributed by atoms with Crippen molar-refractivity contribution in [1.29, 1.82) is 0 Å². The van der Waals surface area contributed by atoms with E-state index in [0.29, 0.717) is 0 Å². The van der Waals surface area contributed by atoms with E-state index in [1.54, 1.807) is 11.5 Å². The molecule has 0 spiro atoms. The molecule has 0 saturated carbocycles. The summed E-state index contributed by atoms with van der Waals surface area (Å²) in [6.45, 7) is 1.39. The van der Waals surface area contributed by atoms with Gasteiger partial charge in [0.15, 0.2) is 5.78 Å². The maximum absolute atomic E-state index is 10.6. The molecule has 4 nitrogen and oxygen atoms in total. The second-order valence-corrected chi connectivity index (χ2v) is 3.86. The van der Waals surface area contributed by atoms with Crippen molar-refractivity contribution in [2.45, 2.75) is 6.92 Å². The maximum Gasteiger partial charge on any atom is 0.301 e. The summed E-state index contributed by atoms with van der Waals surface area (Å²) < 4.78 is 0. The lowest BCUT2D eigenvalue weighted by atomic mass is 10.5. The molecule has 1 aliphatic rings. The number of nitro groups is 1. The number of carbonyl (C=O) groups is 1. The molecular formula is C7H7NO3S.